The van der Waals surface area contributed by atoms with Gasteiger partial charge in [-0.15, -0.1) is 0 Å². The zero-order chi connectivity index (χ0) is 11.1. The summed E-state index contributed by atoms with van der Waals surface area (Å²) in [6, 6.07) is 0.563. The van der Waals surface area contributed by atoms with Gasteiger partial charge in [0, 0.05) is 12.5 Å². The van der Waals surface area contributed by atoms with Crippen LogP contribution in [-0.2, 0) is 9.53 Å². The van der Waals surface area contributed by atoms with Crippen LogP contribution < -0.4 is 11.1 Å². The third kappa shape index (κ3) is 4.18. The largest absolute Gasteiger partial charge is 0.469 e. The zero-order valence-corrected chi connectivity index (χ0v) is 9.50. The molecule has 2 atom stereocenters. The number of methoxy groups -OCH3 is 1. The molecule has 1 aliphatic rings. The number of nitrogens with one attached hydrogen (secondary N) is 1. The van der Waals surface area contributed by atoms with E-state index in [1.165, 1.54) is 26.4 Å². The van der Waals surface area contributed by atoms with Crippen LogP contribution in [-0.4, -0.2) is 32.2 Å². The molecule has 1 fully saturated rings. The topological polar surface area (TPSA) is 64.3 Å². The Labute approximate surface area is 91.5 Å². The normalized spacial score (nSPS) is 25.5. The highest BCUT2D eigenvalue weighted by Gasteiger charge is 2.24. The van der Waals surface area contributed by atoms with Gasteiger partial charge in [-0.2, -0.15) is 0 Å². The van der Waals surface area contributed by atoms with Crippen molar-refractivity contribution in [2.24, 2.45) is 11.7 Å². The first-order valence-electron chi connectivity index (χ1n) is 5.78. The standard InChI is InChI=1S/C11H22N2O2/c1-15-11(14)6-3-7-13-10-5-2-4-9(10)8-12/h9-10,13H,2-8,12H2,1H3. The van der Waals surface area contributed by atoms with Crippen molar-refractivity contribution in [3.8, 4) is 0 Å². The molecule has 1 saturated carbocycles. The summed E-state index contributed by atoms with van der Waals surface area (Å²) in [5, 5.41) is 3.47. The summed E-state index contributed by atoms with van der Waals surface area (Å²) in [6.07, 6.45) is 5.09. The number of rotatable bonds is 6. The Morgan fingerprint density at radius 1 is 1.53 bits per heavy atom. The van der Waals surface area contributed by atoms with Gasteiger partial charge in [0.2, 0.25) is 0 Å². The molecule has 0 heterocycles. The Kier molecular flexibility index (Phi) is 5.65. The highest BCUT2D eigenvalue weighted by molar-refractivity contribution is 5.69. The van der Waals surface area contributed by atoms with E-state index in [0.717, 1.165) is 19.5 Å². The summed E-state index contributed by atoms with van der Waals surface area (Å²) in [4.78, 5) is 10.9. The van der Waals surface area contributed by atoms with Gasteiger partial charge >= 0.3 is 5.97 Å². The Morgan fingerprint density at radius 2 is 2.33 bits per heavy atom. The summed E-state index contributed by atoms with van der Waals surface area (Å²) in [7, 11) is 1.43. The fourth-order valence-corrected chi connectivity index (χ4v) is 2.21. The van der Waals surface area contributed by atoms with Crippen molar-refractivity contribution in [1.82, 2.24) is 5.32 Å². The van der Waals surface area contributed by atoms with Crippen molar-refractivity contribution in [2.45, 2.75) is 38.1 Å². The van der Waals surface area contributed by atoms with Crippen LogP contribution in [0.15, 0.2) is 0 Å². The fraction of sp³-hybridized carbons (Fsp3) is 0.909. The van der Waals surface area contributed by atoms with Gasteiger partial charge in [-0.3, -0.25) is 4.79 Å². The molecule has 0 radical (unpaired) electrons. The molecule has 0 saturated heterocycles. The van der Waals surface area contributed by atoms with E-state index in [1.807, 2.05) is 0 Å². The average Bonchev–Trinajstić information content (AvgIpc) is 2.71. The Bertz CT molecular complexity index is 197. The van der Waals surface area contributed by atoms with E-state index in [-0.39, 0.29) is 5.97 Å². The first kappa shape index (κ1) is 12.5. The SMILES string of the molecule is COC(=O)CCCNC1CCCC1CN. The molecule has 0 bridgehead atoms. The fourth-order valence-electron chi connectivity index (χ4n) is 2.21. The second-order valence-electron chi connectivity index (χ2n) is 4.17. The number of hydrogen-bond acceptors (Lipinski definition) is 4. The maximum absolute atomic E-state index is 10.9. The molecule has 1 rings (SSSR count). The molecule has 2 unspecified atom stereocenters. The number of hydrogen-bond donors (Lipinski definition) is 2. The number of carbonyl (C=O) groups is 1. The van der Waals surface area contributed by atoms with Gasteiger partial charge in [0.1, 0.15) is 0 Å². The van der Waals surface area contributed by atoms with Gasteiger partial charge in [0.25, 0.3) is 0 Å². The van der Waals surface area contributed by atoms with Crippen molar-refractivity contribution in [1.29, 1.82) is 0 Å². The van der Waals surface area contributed by atoms with E-state index in [1.54, 1.807) is 0 Å². The quantitative estimate of drug-likeness (QED) is 0.503. The maximum Gasteiger partial charge on any atom is 0.305 e. The molecular formula is C11H22N2O2. The van der Waals surface area contributed by atoms with E-state index in [0.29, 0.717) is 18.4 Å². The lowest BCUT2D eigenvalue weighted by Crippen LogP contribution is -2.36. The maximum atomic E-state index is 10.9. The average molecular weight is 214 g/mol. The van der Waals surface area contributed by atoms with Gasteiger partial charge in [-0.25, -0.2) is 0 Å². The molecule has 0 aromatic rings. The van der Waals surface area contributed by atoms with Crippen LogP contribution in [0.3, 0.4) is 0 Å². The number of esters is 1. The predicted octanol–water partition coefficient (Wildman–Crippen LogP) is 0.657. The molecular weight excluding hydrogens is 192 g/mol. The van der Waals surface area contributed by atoms with Gasteiger partial charge in [0.05, 0.1) is 7.11 Å². The van der Waals surface area contributed by atoms with Crippen LogP contribution in [0.5, 0.6) is 0 Å². The minimum absolute atomic E-state index is 0.126. The molecule has 3 N–H and O–H groups in total. The van der Waals surface area contributed by atoms with Crippen LogP contribution in [0, 0.1) is 5.92 Å². The third-order valence-corrected chi connectivity index (χ3v) is 3.15. The predicted molar refractivity (Wildman–Crippen MR) is 59.4 cm³/mol. The van der Waals surface area contributed by atoms with E-state index in [4.69, 9.17) is 5.73 Å². The summed E-state index contributed by atoms with van der Waals surface area (Å²) >= 11 is 0. The van der Waals surface area contributed by atoms with E-state index >= 15 is 0 Å². The number of nitrogens with two attached hydrogens (primary N) is 1. The number of ether oxygens (including phenoxy) is 1. The lowest BCUT2D eigenvalue weighted by atomic mass is 10.0. The summed E-state index contributed by atoms with van der Waals surface area (Å²) in [5.41, 5.74) is 5.68. The third-order valence-electron chi connectivity index (χ3n) is 3.15. The molecule has 0 aromatic heterocycles. The molecule has 1 aliphatic carbocycles. The van der Waals surface area contributed by atoms with Crippen LogP contribution in [0.2, 0.25) is 0 Å². The van der Waals surface area contributed by atoms with E-state index < -0.39 is 0 Å². The molecule has 0 spiro atoms. The van der Waals surface area contributed by atoms with E-state index in [9.17, 15) is 4.79 Å². The van der Waals surface area contributed by atoms with Crippen molar-refractivity contribution >= 4 is 5.97 Å². The first-order chi connectivity index (χ1) is 7.27. The zero-order valence-electron chi connectivity index (χ0n) is 9.50. The smallest absolute Gasteiger partial charge is 0.305 e. The second-order valence-corrected chi connectivity index (χ2v) is 4.17. The van der Waals surface area contributed by atoms with Crippen molar-refractivity contribution in [3.63, 3.8) is 0 Å². The molecule has 0 amide bonds. The summed E-state index contributed by atoms with van der Waals surface area (Å²) < 4.78 is 4.58. The molecule has 4 heteroatoms. The Morgan fingerprint density at radius 3 is 3.00 bits per heavy atom. The van der Waals surface area contributed by atoms with Crippen molar-refractivity contribution < 1.29 is 9.53 Å². The van der Waals surface area contributed by atoms with Crippen LogP contribution in [0.1, 0.15) is 32.1 Å². The molecule has 0 aromatic carbocycles. The van der Waals surface area contributed by atoms with Gasteiger partial charge in [-0.1, -0.05) is 6.42 Å². The van der Waals surface area contributed by atoms with Gasteiger partial charge in [-0.05, 0) is 38.3 Å². The first-order valence-corrected chi connectivity index (χ1v) is 5.78. The Hall–Kier alpha value is -0.610. The minimum Gasteiger partial charge on any atom is -0.469 e. The Balaban J connectivity index is 2.06. The van der Waals surface area contributed by atoms with Crippen molar-refractivity contribution in [2.75, 3.05) is 20.2 Å². The van der Waals surface area contributed by atoms with Crippen molar-refractivity contribution in [3.05, 3.63) is 0 Å². The van der Waals surface area contributed by atoms with Gasteiger partial charge in [0.15, 0.2) is 0 Å². The lowest BCUT2D eigenvalue weighted by Gasteiger charge is -2.19. The van der Waals surface area contributed by atoms with Crippen LogP contribution in [0.4, 0.5) is 0 Å². The van der Waals surface area contributed by atoms with Crippen LogP contribution >= 0.6 is 0 Å². The highest BCUT2D eigenvalue weighted by atomic mass is 16.5. The summed E-state index contributed by atoms with van der Waals surface area (Å²) in [6.45, 7) is 1.66. The lowest BCUT2D eigenvalue weighted by molar-refractivity contribution is -0.140. The monoisotopic (exact) mass is 214 g/mol. The molecule has 0 aliphatic heterocycles. The molecule has 88 valence electrons. The molecule has 4 nitrogen and oxygen atoms in total. The van der Waals surface area contributed by atoms with E-state index in [2.05, 4.69) is 10.1 Å². The second kappa shape index (κ2) is 6.80. The highest BCUT2D eigenvalue weighted by Crippen LogP contribution is 2.24. The summed E-state index contributed by atoms with van der Waals surface area (Å²) in [5.74, 6) is 0.502. The minimum atomic E-state index is -0.126. The molecule has 15 heavy (non-hydrogen) atoms. The number of carbonyl (C=O) groups excluding carboxylic acids is 1. The van der Waals surface area contributed by atoms with Gasteiger partial charge < -0.3 is 15.8 Å². The van der Waals surface area contributed by atoms with Crippen LogP contribution in [0.25, 0.3) is 0 Å².